The highest BCUT2D eigenvalue weighted by Crippen LogP contribution is 2.20. The molecule has 0 saturated carbocycles. The molecule has 1 aliphatic heterocycles. The third-order valence-electron chi connectivity index (χ3n) is 3.28. The van der Waals surface area contributed by atoms with E-state index in [-0.39, 0.29) is 5.60 Å². The van der Waals surface area contributed by atoms with Crippen LogP contribution in [0, 0.1) is 0 Å². The smallest absolute Gasteiger partial charge is 0.122 e. The third-order valence-corrected chi connectivity index (χ3v) is 3.28. The molecule has 0 spiro atoms. The largest absolute Gasteiger partial charge is 0.468 e. The van der Waals surface area contributed by atoms with Crippen molar-refractivity contribution in [3.05, 3.63) is 23.7 Å². The second-order valence-electron chi connectivity index (χ2n) is 5.47. The van der Waals surface area contributed by atoms with Gasteiger partial charge in [-0.2, -0.15) is 0 Å². The zero-order valence-electron chi connectivity index (χ0n) is 11.7. The normalized spacial score (nSPS) is 20.2. The number of hydrogen-bond donors (Lipinski definition) is 1. The zero-order chi connectivity index (χ0) is 13.0. The van der Waals surface area contributed by atoms with E-state index in [1.165, 1.54) is 5.56 Å². The van der Waals surface area contributed by atoms with Crippen LogP contribution >= 0.6 is 0 Å². The monoisotopic (exact) mass is 252 g/mol. The number of morpholine rings is 1. The van der Waals surface area contributed by atoms with Gasteiger partial charge in [0.05, 0.1) is 25.0 Å². The van der Waals surface area contributed by atoms with Crippen molar-refractivity contribution in [2.24, 2.45) is 0 Å². The molecule has 0 aromatic carbocycles. The number of hydrogen-bond acceptors (Lipinski definition) is 4. The summed E-state index contributed by atoms with van der Waals surface area (Å²) in [5.74, 6) is 1.08. The summed E-state index contributed by atoms with van der Waals surface area (Å²) in [7, 11) is 0. The van der Waals surface area contributed by atoms with Gasteiger partial charge in [-0.1, -0.05) is 6.92 Å². The van der Waals surface area contributed by atoms with Crippen molar-refractivity contribution in [1.82, 2.24) is 10.2 Å². The maximum absolute atomic E-state index is 5.73. The zero-order valence-corrected chi connectivity index (χ0v) is 11.7. The summed E-state index contributed by atoms with van der Waals surface area (Å²) in [6, 6.07) is 2.06. The topological polar surface area (TPSA) is 37.6 Å². The van der Waals surface area contributed by atoms with Crippen LogP contribution in [0.25, 0.3) is 0 Å². The average Bonchev–Trinajstić information content (AvgIpc) is 2.72. The van der Waals surface area contributed by atoms with Gasteiger partial charge in [0, 0.05) is 25.2 Å². The Labute approximate surface area is 109 Å². The summed E-state index contributed by atoms with van der Waals surface area (Å²) in [5.41, 5.74) is 1.22. The van der Waals surface area contributed by atoms with E-state index in [2.05, 4.69) is 37.1 Å². The Morgan fingerprint density at radius 2 is 2.28 bits per heavy atom. The van der Waals surface area contributed by atoms with E-state index in [1.54, 1.807) is 6.26 Å². The van der Waals surface area contributed by atoms with Gasteiger partial charge in [0.25, 0.3) is 0 Å². The molecule has 1 aliphatic rings. The van der Waals surface area contributed by atoms with Crippen LogP contribution in [-0.4, -0.2) is 36.7 Å². The Kier molecular flexibility index (Phi) is 4.43. The van der Waals surface area contributed by atoms with Crippen LogP contribution in [0.1, 0.15) is 32.1 Å². The average molecular weight is 252 g/mol. The van der Waals surface area contributed by atoms with E-state index in [4.69, 9.17) is 9.15 Å². The van der Waals surface area contributed by atoms with Gasteiger partial charge in [0.2, 0.25) is 0 Å². The van der Waals surface area contributed by atoms with E-state index in [0.29, 0.717) is 0 Å². The molecule has 0 amide bonds. The van der Waals surface area contributed by atoms with E-state index in [9.17, 15) is 0 Å². The van der Waals surface area contributed by atoms with Crippen molar-refractivity contribution in [3.63, 3.8) is 0 Å². The molecule has 0 radical (unpaired) electrons. The van der Waals surface area contributed by atoms with E-state index >= 15 is 0 Å². The molecule has 0 atom stereocenters. The highest BCUT2D eigenvalue weighted by molar-refractivity contribution is 5.17. The molecular formula is C14H24N2O2. The minimum atomic E-state index is -0.0489. The van der Waals surface area contributed by atoms with Gasteiger partial charge >= 0.3 is 0 Å². The van der Waals surface area contributed by atoms with Crippen molar-refractivity contribution >= 4 is 0 Å². The van der Waals surface area contributed by atoms with E-state index in [0.717, 1.165) is 45.1 Å². The first-order valence-electron chi connectivity index (χ1n) is 6.73. The number of nitrogens with zero attached hydrogens (tertiary/aromatic N) is 1. The van der Waals surface area contributed by atoms with Crippen molar-refractivity contribution in [3.8, 4) is 0 Å². The van der Waals surface area contributed by atoms with Crippen LogP contribution in [-0.2, 0) is 17.8 Å². The molecule has 0 bridgehead atoms. The van der Waals surface area contributed by atoms with Gasteiger partial charge < -0.3 is 14.5 Å². The highest BCUT2D eigenvalue weighted by atomic mass is 16.5. The molecule has 1 fully saturated rings. The standard InChI is InChI=1S/C14H24N2O2/c1-4-15-9-12-5-7-17-13(12)10-16-6-8-18-14(2,3)11-16/h5,7,15H,4,6,8-11H2,1-3H3. The lowest BCUT2D eigenvalue weighted by molar-refractivity contribution is -0.0895. The third kappa shape index (κ3) is 3.57. The fourth-order valence-corrected chi connectivity index (χ4v) is 2.38. The van der Waals surface area contributed by atoms with Gasteiger partial charge in [-0.05, 0) is 26.5 Å². The summed E-state index contributed by atoms with van der Waals surface area (Å²) in [6.45, 7) is 11.9. The first-order valence-corrected chi connectivity index (χ1v) is 6.73. The molecule has 1 aromatic heterocycles. The molecule has 1 aromatic rings. The summed E-state index contributed by atoms with van der Waals surface area (Å²) < 4.78 is 11.3. The summed E-state index contributed by atoms with van der Waals surface area (Å²) in [6.07, 6.45) is 1.79. The molecule has 0 unspecified atom stereocenters. The van der Waals surface area contributed by atoms with Crippen molar-refractivity contribution in [2.45, 2.75) is 39.5 Å². The van der Waals surface area contributed by atoms with Crippen molar-refractivity contribution < 1.29 is 9.15 Å². The molecule has 4 nitrogen and oxygen atoms in total. The molecule has 2 rings (SSSR count). The summed E-state index contributed by atoms with van der Waals surface area (Å²) >= 11 is 0. The van der Waals surface area contributed by atoms with E-state index in [1.807, 2.05) is 0 Å². The molecular weight excluding hydrogens is 228 g/mol. The van der Waals surface area contributed by atoms with Crippen molar-refractivity contribution in [1.29, 1.82) is 0 Å². The SMILES string of the molecule is CCNCc1ccoc1CN1CCOC(C)(C)C1. The summed E-state index contributed by atoms with van der Waals surface area (Å²) in [4.78, 5) is 2.40. The van der Waals surface area contributed by atoms with Crippen LogP contribution in [0.15, 0.2) is 16.7 Å². The lowest BCUT2D eigenvalue weighted by atomic mass is 10.1. The second kappa shape index (κ2) is 5.87. The van der Waals surface area contributed by atoms with Gasteiger partial charge in [-0.25, -0.2) is 0 Å². The Bertz CT molecular complexity index is 374. The molecule has 1 N–H and O–H groups in total. The van der Waals surface area contributed by atoms with Crippen LogP contribution in [0.5, 0.6) is 0 Å². The fraction of sp³-hybridized carbons (Fsp3) is 0.714. The molecule has 1 saturated heterocycles. The Hall–Kier alpha value is -0.840. The van der Waals surface area contributed by atoms with Crippen LogP contribution in [0.4, 0.5) is 0 Å². The van der Waals surface area contributed by atoms with Crippen LogP contribution in [0.2, 0.25) is 0 Å². The molecule has 102 valence electrons. The predicted molar refractivity (Wildman–Crippen MR) is 71.4 cm³/mol. The molecule has 18 heavy (non-hydrogen) atoms. The first kappa shape index (κ1) is 13.6. The maximum atomic E-state index is 5.73. The Balaban J connectivity index is 1.94. The van der Waals surface area contributed by atoms with Crippen LogP contribution in [0.3, 0.4) is 0 Å². The van der Waals surface area contributed by atoms with Gasteiger partial charge in [-0.3, -0.25) is 4.90 Å². The fourth-order valence-electron chi connectivity index (χ4n) is 2.38. The molecule has 0 aliphatic carbocycles. The van der Waals surface area contributed by atoms with Gasteiger partial charge in [0.15, 0.2) is 0 Å². The number of ether oxygens (including phenoxy) is 1. The molecule has 2 heterocycles. The minimum absolute atomic E-state index is 0.0489. The maximum Gasteiger partial charge on any atom is 0.122 e. The summed E-state index contributed by atoms with van der Waals surface area (Å²) in [5, 5.41) is 3.34. The minimum Gasteiger partial charge on any atom is -0.468 e. The first-order chi connectivity index (χ1) is 8.61. The number of rotatable bonds is 5. The Morgan fingerprint density at radius 3 is 3.00 bits per heavy atom. The quantitative estimate of drug-likeness (QED) is 0.870. The molecule has 4 heteroatoms. The second-order valence-corrected chi connectivity index (χ2v) is 5.47. The number of nitrogens with one attached hydrogen (secondary N) is 1. The lowest BCUT2D eigenvalue weighted by Gasteiger charge is -2.37. The van der Waals surface area contributed by atoms with Gasteiger partial charge in [0.1, 0.15) is 5.76 Å². The predicted octanol–water partition coefficient (Wildman–Crippen LogP) is 2.00. The highest BCUT2D eigenvalue weighted by Gasteiger charge is 2.27. The lowest BCUT2D eigenvalue weighted by Crippen LogP contribution is -2.47. The number of furan rings is 1. The van der Waals surface area contributed by atoms with Crippen molar-refractivity contribution in [2.75, 3.05) is 26.2 Å². The van der Waals surface area contributed by atoms with Gasteiger partial charge in [-0.15, -0.1) is 0 Å². The Morgan fingerprint density at radius 1 is 1.44 bits per heavy atom. The van der Waals surface area contributed by atoms with Crippen LogP contribution < -0.4 is 5.32 Å². The van der Waals surface area contributed by atoms with E-state index < -0.39 is 0 Å².